The Bertz CT molecular complexity index is 1110. The number of rotatable bonds is 0. The summed E-state index contributed by atoms with van der Waals surface area (Å²) in [7, 11) is 2.18. The van der Waals surface area contributed by atoms with Crippen molar-refractivity contribution in [3.63, 3.8) is 0 Å². The summed E-state index contributed by atoms with van der Waals surface area (Å²) in [5, 5.41) is 0. The lowest BCUT2D eigenvalue weighted by atomic mass is 9.65. The molecule has 1 spiro atoms. The maximum atomic E-state index is 2.33. The van der Waals surface area contributed by atoms with Crippen molar-refractivity contribution < 1.29 is 0 Å². The van der Waals surface area contributed by atoms with E-state index in [-0.39, 0.29) is 5.41 Å². The minimum atomic E-state index is -0.257. The lowest BCUT2D eigenvalue weighted by Crippen LogP contribution is -2.36. The molecule has 6 rings (SSSR count). The molecule has 0 unspecified atom stereocenters. The molecule has 4 aromatic carbocycles. The minimum Gasteiger partial charge on any atom is -0.344 e. The third kappa shape index (κ3) is 1.65. The molecule has 0 N–H and O–H groups in total. The fourth-order valence-corrected chi connectivity index (χ4v) is 5.26. The fraction of sp³-hybridized carbons (Fsp3) is 0.0769. The van der Waals surface area contributed by atoms with E-state index in [4.69, 9.17) is 0 Å². The maximum absolute atomic E-state index is 2.33. The molecule has 1 heteroatoms. The van der Waals surface area contributed by atoms with E-state index < -0.39 is 0 Å². The Kier molecular flexibility index (Phi) is 2.80. The third-order valence-corrected chi connectivity index (χ3v) is 6.29. The highest BCUT2D eigenvalue weighted by Gasteiger charge is 2.50. The van der Waals surface area contributed by atoms with E-state index in [1.807, 2.05) is 0 Å². The van der Waals surface area contributed by atoms with Crippen molar-refractivity contribution in [3.8, 4) is 11.1 Å². The topological polar surface area (TPSA) is 3.24 Å². The third-order valence-electron chi connectivity index (χ3n) is 6.29. The Morgan fingerprint density at radius 1 is 0.481 bits per heavy atom. The van der Waals surface area contributed by atoms with Crippen molar-refractivity contribution in [1.82, 2.24) is 0 Å². The summed E-state index contributed by atoms with van der Waals surface area (Å²) < 4.78 is 0. The van der Waals surface area contributed by atoms with Crippen LogP contribution in [0.1, 0.15) is 22.3 Å². The number of nitrogens with zero attached hydrogens (tertiary/aromatic N) is 1. The van der Waals surface area contributed by atoms with Crippen molar-refractivity contribution >= 4 is 11.4 Å². The SMILES string of the molecule is CN1c2ccccc2C2(c3ccccc3-c3ccccc32)c2ccccc21. The van der Waals surface area contributed by atoms with Crippen molar-refractivity contribution in [2.24, 2.45) is 0 Å². The second-order valence-corrected chi connectivity index (χ2v) is 7.43. The van der Waals surface area contributed by atoms with Crippen LogP contribution < -0.4 is 4.90 Å². The van der Waals surface area contributed by atoms with Crippen molar-refractivity contribution in [2.75, 3.05) is 11.9 Å². The summed E-state index contributed by atoms with van der Waals surface area (Å²) in [5.74, 6) is 0. The van der Waals surface area contributed by atoms with Gasteiger partial charge in [-0.15, -0.1) is 0 Å². The van der Waals surface area contributed by atoms with Gasteiger partial charge in [0.2, 0.25) is 0 Å². The zero-order valence-corrected chi connectivity index (χ0v) is 15.2. The highest BCUT2D eigenvalue weighted by atomic mass is 15.1. The van der Waals surface area contributed by atoms with Crippen molar-refractivity contribution in [2.45, 2.75) is 5.41 Å². The van der Waals surface area contributed by atoms with E-state index in [2.05, 4.69) is 109 Å². The number of para-hydroxylation sites is 2. The first-order chi connectivity index (χ1) is 13.3. The van der Waals surface area contributed by atoms with Crippen LogP contribution in [0, 0.1) is 0 Å². The normalized spacial score (nSPS) is 15.1. The average Bonchev–Trinajstić information content (AvgIpc) is 3.04. The molecule has 1 nitrogen and oxygen atoms in total. The van der Waals surface area contributed by atoms with Crippen LogP contribution in [0.15, 0.2) is 97.1 Å². The lowest BCUT2D eigenvalue weighted by molar-refractivity contribution is 0.748. The first-order valence-electron chi connectivity index (χ1n) is 9.45. The summed E-state index contributed by atoms with van der Waals surface area (Å²) in [4.78, 5) is 2.33. The van der Waals surface area contributed by atoms with Crippen LogP contribution in [0.4, 0.5) is 11.4 Å². The number of hydrogen-bond donors (Lipinski definition) is 0. The molecular weight excluding hydrogens is 326 g/mol. The predicted molar refractivity (Wildman–Crippen MR) is 112 cm³/mol. The molecule has 0 fully saturated rings. The number of fused-ring (bicyclic) bond motifs is 9. The minimum absolute atomic E-state index is 0.257. The van der Waals surface area contributed by atoms with E-state index >= 15 is 0 Å². The Morgan fingerprint density at radius 3 is 1.33 bits per heavy atom. The van der Waals surface area contributed by atoms with Gasteiger partial charge in [-0.3, -0.25) is 0 Å². The molecule has 0 amide bonds. The molecule has 0 aromatic heterocycles. The molecular formula is C26H19N. The highest BCUT2D eigenvalue weighted by molar-refractivity contribution is 5.92. The molecule has 0 saturated heterocycles. The second-order valence-electron chi connectivity index (χ2n) is 7.43. The Hall–Kier alpha value is -3.32. The number of hydrogen-bond acceptors (Lipinski definition) is 1. The van der Waals surface area contributed by atoms with Gasteiger partial charge in [0.1, 0.15) is 0 Å². The van der Waals surface area contributed by atoms with Crippen molar-refractivity contribution in [3.05, 3.63) is 119 Å². The molecule has 0 bridgehead atoms. The van der Waals surface area contributed by atoms with E-state index in [1.54, 1.807) is 0 Å². The number of benzene rings is 4. The highest BCUT2D eigenvalue weighted by Crippen LogP contribution is 2.61. The van der Waals surface area contributed by atoms with Crippen LogP contribution in [-0.2, 0) is 5.41 Å². The van der Waals surface area contributed by atoms with Gasteiger partial charge in [-0.2, -0.15) is 0 Å². The lowest BCUT2D eigenvalue weighted by Gasteiger charge is -2.43. The van der Waals surface area contributed by atoms with E-state index in [9.17, 15) is 0 Å². The van der Waals surface area contributed by atoms with Gasteiger partial charge in [0, 0.05) is 18.4 Å². The van der Waals surface area contributed by atoms with Gasteiger partial charge in [0.05, 0.1) is 5.41 Å². The molecule has 1 aliphatic carbocycles. The molecule has 128 valence electrons. The first kappa shape index (κ1) is 14.8. The van der Waals surface area contributed by atoms with Gasteiger partial charge < -0.3 is 4.90 Å². The first-order valence-corrected chi connectivity index (χ1v) is 9.45. The summed E-state index contributed by atoms with van der Waals surface area (Å²) in [6, 6.07) is 35.6. The van der Waals surface area contributed by atoms with Gasteiger partial charge >= 0.3 is 0 Å². The van der Waals surface area contributed by atoms with Gasteiger partial charge in [0.15, 0.2) is 0 Å². The molecule has 27 heavy (non-hydrogen) atoms. The Labute approximate surface area is 159 Å². The predicted octanol–water partition coefficient (Wildman–Crippen LogP) is 6.13. The average molecular weight is 345 g/mol. The van der Waals surface area contributed by atoms with E-state index in [0.29, 0.717) is 0 Å². The summed E-state index contributed by atoms with van der Waals surface area (Å²) in [6.45, 7) is 0. The zero-order chi connectivity index (χ0) is 18.0. The zero-order valence-electron chi connectivity index (χ0n) is 15.2. The quantitative estimate of drug-likeness (QED) is 0.326. The van der Waals surface area contributed by atoms with Gasteiger partial charge in [-0.1, -0.05) is 84.9 Å². The molecule has 1 heterocycles. The molecule has 4 aromatic rings. The summed E-state index contributed by atoms with van der Waals surface area (Å²) in [5.41, 5.74) is 10.5. The number of anilines is 2. The Balaban J connectivity index is 1.87. The van der Waals surface area contributed by atoms with Crippen LogP contribution in [0.3, 0.4) is 0 Å². The van der Waals surface area contributed by atoms with Crippen LogP contribution >= 0.6 is 0 Å². The van der Waals surface area contributed by atoms with Gasteiger partial charge in [-0.25, -0.2) is 0 Å². The molecule has 2 aliphatic rings. The van der Waals surface area contributed by atoms with Crippen molar-refractivity contribution in [1.29, 1.82) is 0 Å². The van der Waals surface area contributed by atoms with Crippen LogP contribution in [0.2, 0.25) is 0 Å². The smallest absolute Gasteiger partial charge is 0.0754 e. The fourth-order valence-electron chi connectivity index (χ4n) is 5.26. The monoisotopic (exact) mass is 345 g/mol. The molecule has 0 saturated carbocycles. The van der Waals surface area contributed by atoms with Crippen LogP contribution in [0.25, 0.3) is 11.1 Å². The molecule has 1 aliphatic heterocycles. The van der Waals surface area contributed by atoms with E-state index in [0.717, 1.165) is 0 Å². The van der Waals surface area contributed by atoms with Crippen LogP contribution in [-0.4, -0.2) is 7.05 Å². The largest absolute Gasteiger partial charge is 0.344 e. The molecule has 0 atom stereocenters. The summed E-state index contributed by atoms with van der Waals surface area (Å²) in [6.07, 6.45) is 0. The van der Waals surface area contributed by atoms with E-state index in [1.165, 1.54) is 44.8 Å². The second kappa shape index (κ2) is 5.11. The molecule has 0 radical (unpaired) electrons. The van der Waals surface area contributed by atoms with Crippen LogP contribution in [0.5, 0.6) is 0 Å². The van der Waals surface area contributed by atoms with Gasteiger partial charge in [0.25, 0.3) is 0 Å². The Morgan fingerprint density at radius 2 is 0.852 bits per heavy atom. The summed E-state index contributed by atoms with van der Waals surface area (Å²) >= 11 is 0. The van der Waals surface area contributed by atoms with Gasteiger partial charge in [-0.05, 0) is 45.5 Å². The standard InChI is InChI=1S/C26H19N/c1-27-24-16-8-6-14-22(24)26(23-15-7-9-17-25(23)27)20-12-4-2-10-18(20)19-11-3-5-13-21(19)26/h2-17H,1H3. The maximum Gasteiger partial charge on any atom is 0.0754 e.